The summed E-state index contributed by atoms with van der Waals surface area (Å²) in [6.45, 7) is 21.7. The SMILES string of the molecule is C=CC.CCC[Si](C)(C)C.C[SiH](C)C. The van der Waals surface area contributed by atoms with Gasteiger partial charge in [0.15, 0.2) is 0 Å². The van der Waals surface area contributed by atoms with E-state index in [9.17, 15) is 0 Å². The van der Waals surface area contributed by atoms with E-state index in [2.05, 4.69) is 52.8 Å². The van der Waals surface area contributed by atoms with E-state index in [-0.39, 0.29) is 8.80 Å². The lowest BCUT2D eigenvalue weighted by molar-refractivity contribution is 1.05. The number of rotatable bonds is 2. The maximum atomic E-state index is 3.36. The third kappa shape index (κ3) is 87.3. The monoisotopic (exact) mass is 232 g/mol. The third-order valence-corrected chi connectivity index (χ3v) is 3.00. The summed E-state index contributed by atoms with van der Waals surface area (Å²) in [5.41, 5.74) is 0. The molecule has 0 nitrogen and oxygen atoms in total. The summed E-state index contributed by atoms with van der Waals surface area (Å²) >= 11 is 0. The van der Waals surface area contributed by atoms with E-state index in [1.165, 1.54) is 12.5 Å². The van der Waals surface area contributed by atoms with E-state index in [1.807, 2.05) is 6.92 Å². The first kappa shape index (κ1) is 19.7. The van der Waals surface area contributed by atoms with Crippen LogP contribution in [0.5, 0.6) is 0 Å². The van der Waals surface area contributed by atoms with Gasteiger partial charge in [0.2, 0.25) is 0 Å². The van der Waals surface area contributed by atoms with Gasteiger partial charge in [-0.3, -0.25) is 0 Å². The van der Waals surface area contributed by atoms with Crippen molar-refractivity contribution in [2.45, 2.75) is 65.6 Å². The lowest BCUT2D eigenvalue weighted by atomic mass is 10.6. The highest BCUT2D eigenvalue weighted by Gasteiger charge is 2.09. The molecule has 0 aromatic heterocycles. The predicted octanol–water partition coefficient (Wildman–Crippen LogP) is 5.03. The molecule has 0 aromatic rings. The van der Waals surface area contributed by atoms with Crippen molar-refractivity contribution < 1.29 is 0 Å². The van der Waals surface area contributed by atoms with Gasteiger partial charge < -0.3 is 0 Å². The second kappa shape index (κ2) is 13.2. The zero-order chi connectivity index (χ0) is 12.2. The van der Waals surface area contributed by atoms with Gasteiger partial charge in [0, 0.05) is 16.9 Å². The minimum absolute atomic E-state index is 0.139. The average molecular weight is 233 g/mol. The largest absolute Gasteiger partial charge is 0.103 e. The van der Waals surface area contributed by atoms with E-state index in [1.54, 1.807) is 6.08 Å². The van der Waals surface area contributed by atoms with E-state index in [0.717, 1.165) is 0 Å². The van der Waals surface area contributed by atoms with Crippen LogP contribution in [0.15, 0.2) is 12.7 Å². The molecule has 0 bridgehead atoms. The Morgan fingerprint density at radius 3 is 1.36 bits per heavy atom. The quantitative estimate of drug-likeness (QED) is 0.463. The lowest BCUT2D eigenvalue weighted by Gasteiger charge is -2.12. The van der Waals surface area contributed by atoms with Crippen LogP contribution in [0.4, 0.5) is 0 Å². The van der Waals surface area contributed by atoms with Crippen molar-refractivity contribution in [3.05, 3.63) is 12.7 Å². The van der Waals surface area contributed by atoms with Gasteiger partial charge in [0.25, 0.3) is 0 Å². The Morgan fingerprint density at radius 2 is 1.36 bits per heavy atom. The van der Waals surface area contributed by atoms with Crippen molar-refractivity contribution in [2.75, 3.05) is 0 Å². The summed E-state index contributed by atoms with van der Waals surface area (Å²) in [5, 5.41) is 0. The van der Waals surface area contributed by atoms with Gasteiger partial charge in [-0.25, -0.2) is 0 Å². The maximum Gasteiger partial charge on any atom is 0.0442 e. The molecule has 2 heteroatoms. The molecule has 0 aliphatic heterocycles. The van der Waals surface area contributed by atoms with Crippen LogP contribution in [0.25, 0.3) is 0 Å². The standard InChI is InChI=1S/C6H16Si.C3H10Si.C3H6/c1-5-6-7(2,3)4;1-4(2)3;1-3-2/h5-6H2,1-4H3;4H,1-3H3;3H,1H2,2H3. The Morgan fingerprint density at radius 1 is 1.14 bits per heavy atom. The molecule has 0 saturated carbocycles. The molecule has 0 amide bonds. The molecule has 0 spiro atoms. The molecule has 0 N–H and O–H groups in total. The van der Waals surface area contributed by atoms with Crippen LogP contribution in [-0.4, -0.2) is 16.9 Å². The van der Waals surface area contributed by atoms with E-state index >= 15 is 0 Å². The van der Waals surface area contributed by atoms with Crippen molar-refractivity contribution in [3.8, 4) is 0 Å². The first-order valence-electron chi connectivity index (χ1n) is 5.78. The van der Waals surface area contributed by atoms with Crippen molar-refractivity contribution in [2.24, 2.45) is 0 Å². The molecule has 0 aliphatic carbocycles. The van der Waals surface area contributed by atoms with Gasteiger partial charge >= 0.3 is 0 Å². The van der Waals surface area contributed by atoms with E-state index in [0.29, 0.717) is 0 Å². The summed E-state index contributed by atoms with van der Waals surface area (Å²) in [6, 6.07) is 1.48. The molecule has 0 heterocycles. The van der Waals surface area contributed by atoms with Crippen molar-refractivity contribution in [3.63, 3.8) is 0 Å². The van der Waals surface area contributed by atoms with E-state index < -0.39 is 8.07 Å². The molecule has 0 unspecified atom stereocenters. The highest BCUT2D eigenvalue weighted by Crippen LogP contribution is 2.09. The van der Waals surface area contributed by atoms with Gasteiger partial charge in [-0.15, -0.1) is 6.58 Å². The van der Waals surface area contributed by atoms with Gasteiger partial charge in [0.05, 0.1) is 0 Å². The highest BCUT2D eigenvalue weighted by atomic mass is 28.3. The van der Waals surface area contributed by atoms with Gasteiger partial charge in [-0.1, -0.05) is 64.7 Å². The highest BCUT2D eigenvalue weighted by molar-refractivity contribution is 6.76. The molecule has 0 radical (unpaired) electrons. The maximum absolute atomic E-state index is 3.36. The second-order valence-electron chi connectivity index (χ2n) is 5.45. The van der Waals surface area contributed by atoms with Crippen LogP contribution in [0.3, 0.4) is 0 Å². The van der Waals surface area contributed by atoms with Crippen molar-refractivity contribution >= 4 is 16.9 Å². The summed E-state index contributed by atoms with van der Waals surface area (Å²) in [6.07, 6.45) is 3.12. The summed E-state index contributed by atoms with van der Waals surface area (Å²) in [7, 11) is -0.796. The van der Waals surface area contributed by atoms with Crippen LogP contribution < -0.4 is 0 Å². The topological polar surface area (TPSA) is 0 Å². The van der Waals surface area contributed by atoms with Crippen LogP contribution in [0.1, 0.15) is 20.3 Å². The molecule has 0 rings (SSSR count). The molecular formula is C12H32Si2. The Kier molecular flexibility index (Phi) is 18.5. The predicted molar refractivity (Wildman–Crippen MR) is 79.1 cm³/mol. The summed E-state index contributed by atoms with van der Waals surface area (Å²) in [5.74, 6) is 0. The molecular weight excluding hydrogens is 200 g/mol. The molecule has 0 aliphatic rings. The summed E-state index contributed by atoms with van der Waals surface area (Å²) in [4.78, 5) is 0. The van der Waals surface area contributed by atoms with Crippen LogP contribution in [0.2, 0.25) is 45.3 Å². The third-order valence-electron chi connectivity index (χ3n) is 1.000. The number of hydrogen-bond acceptors (Lipinski definition) is 0. The molecule has 14 heavy (non-hydrogen) atoms. The van der Waals surface area contributed by atoms with Gasteiger partial charge in [0.1, 0.15) is 0 Å². The fraction of sp³-hybridized carbons (Fsp3) is 0.833. The molecule has 0 aromatic carbocycles. The molecule has 0 atom stereocenters. The van der Waals surface area contributed by atoms with Crippen molar-refractivity contribution in [1.82, 2.24) is 0 Å². The Balaban J connectivity index is -0.000000147. The molecule has 0 saturated heterocycles. The molecule has 0 fully saturated rings. The first-order chi connectivity index (χ1) is 6.21. The number of hydrogen-bond donors (Lipinski definition) is 0. The molecule has 88 valence electrons. The smallest absolute Gasteiger partial charge is 0.0442 e. The van der Waals surface area contributed by atoms with Crippen molar-refractivity contribution in [1.29, 1.82) is 0 Å². The number of allylic oxidation sites excluding steroid dienone is 1. The fourth-order valence-electron chi connectivity index (χ4n) is 0.750. The minimum Gasteiger partial charge on any atom is -0.103 e. The van der Waals surface area contributed by atoms with Crippen LogP contribution >= 0.6 is 0 Å². The minimum atomic E-state index is -0.657. The van der Waals surface area contributed by atoms with Crippen LogP contribution in [-0.2, 0) is 0 Å². The Labute approximate surface area is 95.4 Å². The second-order valence-corrected chi connectivity index (χ2v) is 14.5. The van der Waals surface area contributed by atoms with E-state index in [4.69, 9.17) is 0 Å². The van der Waals surface area contributed by atoms with Crippen LogP contribution in [0, 0.1) is 0 Å². The summed E-state index contributed by atoms with van der Waals surface area (Å²) < 4.78 is 0. The first-order valence-corrected chi connectivity index (χ1v) is 12.9. The zero-order valence-electron chi connectivity index (χ0n) is 11.8. The normalized spacial score (nSPS) is 9.50. The lowest BCUT2D eigenvalue weighted by Crippen LogP contribution is -2.17. The Hall–Kier alpha value is 0.174. The van der Waals surface area contributed by atoms with Gasteiger partial charge in [-0.05, 0) is 6.92 Å². The zero-order valence-corrected chi connectivity index (χ0v) is 13.9. The Bertz CT molecular complexity index is 98.6. The fourth-order valence-corrected chi connectivity index (χ4v) is 2.25. The average Bonchev–Trinajstić information content (AvgIpc) is 1.83. The van der Waals surface area contributed by atoms with Gasteiger partial charge in [-0.2, -0.15) is 0 Å².